The van der Waals surface area contributed by atoms with Crippen LogP contribution in [0.15, 0.2) is 79.9 Å². The van der Waals surface area contributed by atoms with Gasteiger partial charge in [-0.1, -0.05) is 270 Å². The quantitative estimate of drug-likeness (QED) is 0.0298. The molecule has 0 atom stereocenters. The minimum Gasteiger partial charge on any atom is -0.478 e. The first-order valence-corrected chi connectivity index (χ1v) is 26.9. The lowest BCUT2D eigenvalue weighted by atomic mass is 10.0. The maximum Gasteiger partial charge on any atom is 0.333 e. The monoisotopic (exact) mass is 939 g/mol. The van der Waals surface area contributed by atoms with Crippen molar-refractivity contribution in [3.05, 3.63) is 85.5 Å². The predicted molar refractivity (Wildman–Crippen MR) is 284 cm³/mol. The molecule has 0 aliphatic heterocycles. The maximum atomic E-state index is 11.9. The van der Waals surface area contributed by atoms with Crippen LogP contribution in [-0.4, -0.2) is 49.3 Å². The van der Waals surface area contributed by atoms with E-state index in [9.17, 15) is 19.2 Å². The van der Waals surface area contributed by atoms with Crippen LogP contribution in [0, 0.1) is 0 Å². The van der Waals surface area contributed by atoms with E-state index in [1.54, 1.807) is 0 Å². The summed E-state index contributed by atoms with van der Waals surface area (Å²) in [6.07, 6.45) is 50.5. The second kappa shape index (κ2) is 58.2. The maximum absolute atomic E-state index is 11.9. The number of hydrogen-bond donors (Lipinski definition) is 1. The van der Waals surface area contributed by atoms with Crippen LogP contribution in [0.3, 0.4) is 0 Å². The van der Waals surface area contributed by atoms with E-state index in [0.29, 0.717) is 13.2 Å². The van der Waals surface area contributed by atoms with Gasteiger partial charge in [0.05, 0.1) is 20.3 Å². The first-order chi connectivity index (χ1) is 32.7. The number of rotatable bonds is 42. The first-order valence-electron chi connectivity index (χ1n) is 26.9. The number of esters is 3. The molecule has 0 saturated heterocycles. The van der Waals surface area contributed by atoms with Crippen molar-refractivity contribution < 1.29 is 38.5 Å². The molecule has 0 amide bonds. The van der Waals surface area contributed by atoms with Crippen LogP contribution in [0.25, 0.3) is 0 Å². The van der Waals surface area contributed by atoms with Gasteiger partial charge < -0.3 is 19.3 Å². The number of aliphatic carboxylic acids is 1. The molecular weight excluding hydrogens is 837 g/mol. The summed E-state index contributed by atoms with van der Waals surface area (Å²) in [5, 5.41) is 7.60. The van der Waals surface area contributed by atoms with E-state index in [2.05, 4.69) is 52.6 Å². The zero-order valence-corrected chi connectivity index (χ0v) is 43.8. The van der Waals surface area contributed by atoms with Gasteiger partial charge in [-0.25, -0.2) is 19.2 Å². The zero-order valence-electron chi connectivity index (χ0n) is 43.8. The number of ether oxygens (including phenoxy) is 3. The third-order valence-corrected chi connectivity index (χ3v) is 11.4. The highest BCUT2D eigenvalue weighted by Crippen LogP contribution is 2.17. The number of unbranched alkanes of at least 4 members (excludes halogenated alkanes) is 30. The van der Waals surface area contributed by atoms with Crippen LogP contribution in [0.5, 0.6) is 0 Å². The molecule has 0 radical (unpaired) electrons. The third kappa shape index (κ3) is 58.1. The second-order valence-corrected chi connectivity index (χ2v) is 17.6. The van der Waals surface area contributed by atoms with Gasteiger partial charge in [-0.3, -0.25) is 0 Å². The van der Waals surface area contributed by atoms with E-state index in [4.69, 9.17) is 19.3 Å². The van der Waals surface area contributed by atoms with Gasteiger partial charge in [0.15, 0.2) is 0 Å². The Balaban J connectivity index is -0.000000899. The summed E-state index contributed by atoms with van der Waals surface area (Å²) in [7, 11) is 1.47. The van der Waals surface area contributed by atoms with E-state index >= 15 is 0 Å². The lowest BCUT2D eigenvalue weighted by Crippen LogP contribution is -2.05. The van der Waals surface area contributed by atoms with Crippen LogP contribution in [0.4, 0.5) is 0 Å². The molecule has 0 fully saturated rings. The topological polar surface area (TPSA) is 116 Å². The summed E-state index contributed by atoms with van der Waals surface area (Å²) in [6.45, 7) is 17.5. The minimum absolute atomic E-state index is 0.174. The molecule has 0 spiro atoms. The fraction of sp³-hybridized carbons (Fsp3) is 0.695. The molecule has 1 N–H and O–H groups in total. The van der Waals surface area contributed by atoms with Gasteiger partial charge in [0, 0.05) is 23.8 Å². The van der Waals surface area contributed by atoms with Gasteiger partial charge in [-0.05, 0) is 37.7 Å². The number of hydrogen-bond acceptors (Lipinski definition) is 7. The molecule has 0 bridgehead atoms. The van der Waals surface area contributed by atoms with E-state index < -0.39 is 5.97 Å². The summed E-state index contributed by atoms with van der Waals surface area (Å²) < 4.78 is 14.8. The first kappa shape index (κ1) is 67.3. The summed E-state index contributed by atoms with van der Waals surface area (Å²) in [5.74, 6) is -1.77. The molecule has 0 unspecified atom stereocenters. The van der Waals surface area contributed by atoms with E-state index in [0.717, 1.165) is 50.2 Å². The zero-order chi connectivity index (χ0) is 50.1. The number of carboxylic acid groups (broad SMARTS) is 1. The molecule has 0 aromatic heterocycles. The van der Waals surface area contributed by atoms with Crippen molar-refractivity contribution in [3.8, 4) is 0 Å². The van der Waals surface area contributed by atoms with Gasteiger partial charge in [-0.2, -0.15) is 0 Å². The Labute approximate surface area is 412 Å². The highest BCUT2D eigenvalue weighted by molar-refractivity contribution is 5.88. The van der Waals surface area contributed by atoms with Crippen molar-refractivity contribution in [1.82, 2.24) is 0 Å². The van der Waals surface area contributed by atoms with Crippen LogP contribution >= 0.6 is 0 Å². The number of benzene rings is 1. The average Bonchev–Trinajstić information content (AvgIpc) is 3.35. The lowest BCUT2D eigenvalue weighted by Gasteiger charge is -2.06. The fourth-order valence-corrected chi connectivity index (χ4v) is 7.25. The van der Waals surface area contributed by atoms with Crippen molar-refractivity contribution in [2.45, 2.75) is 245 Å². The summed E-state index contributed by atoms with van der Waals surface area (Å²) in [6, 6.07) is 10.3. The summed E-state index contributed by atoms with van der Waals surface area (Å²) in [4.78, 5) is 42.7. The molecule has 0 aliphatic carbocycles. The molecule has 386 valence electrons. The molecule has 1 aromatic carbocycles. The molecule has 0 heterocycles. The van der Waals surface area contributed by atoms with Gasteiger partial charge in [0.25, 0.3) is 0 Å². The largest absolute Gasteiger partial charge is 0.478 e. The summed E-state index contributed by atoms with van der Waals surface area (Å²) in [5.41, 5.74) is 2.05. The number of carbonyl (C=O) groups is 4. The highest BCUT2D eigenvalue weighted by Gasteiger charge is 2.09. The minimum atomic E-state index is -0.981. The molecule has 1 aromatic rings. The van der Waals surface area contributed by atoms with E-state index in [-0.39, 0.29) is 17.9 Å². The van der Waals surface area contributed by atoms with Crippen molar-refractivity contribution in [2.75, 3.05) is 20.3 Å². The molecule has 8 nitrogen and oxygen atoms in total. The number of carboxylic acids is 1. The Morgan fingerprint density at radius 1 is 0.463 bits per heavy atom. The fourth-order valence-electron chi connectivity index (χ4n) is 7.25. The van der Waals surface area contributed by atoms with Crippen molar-refractivity contribution in [2.24, 2.45) is 0 Å². The average molecular weight is 939 g/mol. The van der Waals surface area contributed by atoms with Crippen molar-refractivity contribution in [1.29, 1.82) is 0 Å². The standard InChI is InChI=1S/C23H36O2.C21H40O2.C12H22O2.C3H4O2/c1-3-4-5-6-7-8-9-10-11-15-18-22(23(24)25-2)20-19-21-16-13-12-14-17-21;1-3-5-6-7-8-9-10-11-12-13-14-15-16-17-18-19-20-23-21(22)4-2;1-3-5-6-7-8-9-10-11-14-12(13)4-2;1-2-3(4)5/h12-14,16-17,20H,3-11,15,18-19H2,1-2H3;4H,2-3,5-20H2,1H3;4H,2-3,5-11H2,1H3;2H,1H2,(H,4,5). The Hall–Kier alpha value is -3.94. The van der Waals surface area contributed by atoms with Crippen LogP contribution < -0.4 is 0 Å². The Kier molecular flexibility index (Phi) is 58.5. The lowest BCUT2D eigenvalue weighted by molar-refractivity contribution is -0.138. The van der Waals surface area contributed by atoms with E-state index in [1.807, 2.05) is 24.3 Å². The number of allylic oxidation sites excluding steroid dienone is 1. The normalized spacial score (nSPS) is 10.5. The van der Waals surface area contributed by atoms with Gasteiger partial charge in [-0.15, -0.1) is 0 Å². The number of carbonyl (C=O) groups excluding carboxylic acids is 3. The SMILES string of the molecule is C=CC(=O)O.C=CC(=O)OCCCCCCCCC.C=CC(=O)OCCCCCCCCCCCCCCCCCC.CCCCCCCCCCCCC(=CCc1ccccc1)C(=O)OC. The smallest absolute Gasteiger partial charge is 0.333 e. The molecule has 67 heavy (non-hydrogen) atoms. The highest BCUT2D eigenvalue weighted by atomic mass is 16.5. The molecule has 0 aliphatic rings. The molecule has 0 saturated carbocycles. The van der Waals surface area contributed by atoms with Crippen molar-refractivity contribution >= 4 is 23.9 Å². The van der Waals surface area contributed by atoms with Crippen LogP contribution in [-0.2, 0) is 39.8 Å². The Morgan fingerprint density at radius 3 is 1.04 bits per heavy atom. The third-order valence-electron chi connectivity index (χ3n) is 11.4. The molecule has 1 rings (SSSR count). The van der Waals surface area contributed by atoms with Crippen LogP contribution in [0.1, 0.15) is 245 Å². The number of methoxy groups -OCH3 is 1. The van der Waals surface area contributed by atoms with Gasteiger partial charge in [0.1, 0.15) is 0 Å². The molecular formula is C59H102O8. The molecule has 8 heteroatoms. The van der Waals surface area contributed by atoms with Crippen molar-refractivity contribution in [3.63, 3.8) is 0 Å². The van der Waals surface area contributed by atoms with Gasteiger partial charge in [0.2, 0.25) is 0 Å². The van der Waals surface area contributed by atoms with Crippen LogP contribution in [0.2, 0.25) is 0 Å². The Morgan fingerprint density at radius 2 is 0.761 bits per heavy atom. The second-order valence-electron chi connectivity index (χ2n) is 17.6. The summed E-state index contributed by atoms with van der Waals surface area (Å²) >= 11 is 0. The van der Waals surface area contributed by atoms with E-state index in [1.165, 1.54) is 211 Å². The van der Waals surface area contributed by atoms with Gasteiger partial charge >= 0.3 is 23.9 Å². The Bertz CT molecular complexity index is 1300. The predicted octanol–water partition coefficient (Wildman–Crippen LogP) is 17.3.